The second-order valence-corrected chi connectivity index (χ2v) is 11.9. The first kappa shape index (κ1) is 28.9. The van der Waals surface area contributed by atoms with E-state index in [1.54, 1.807) is 0 Å². The van der Waals surface area contributed by atoms with Gasteiger partial charge in [0.1, 0.15) is 5.82 Å². The zero-order chi connectivity index (χ0) is 29.0. The molecule has 0 radical (unpaired) electrons. The Morgan fingerprint density at radius 2 is 1.65 bits per heavy atom. The first-order valence-corrected chi connectivity index (χ1v) is 14.3. The van der Waals surface area contributed by atoms with E-state index in [2.05, 4.69) is 115 Å². The molecular weight excluding hydrogens is 714 g/mol. The first-order valence-electron chi connectivity index (χ1n) is 14.3. The van der Waals surface area contributed by atoms with Gasteiger partial charge in [0.15, 0.2) is 0 Å². The van der Waals surface area contributed by atoms with Crippen LogP contribution in [0.2, 0.25) is 0 Å². The summed E-state index contributed by atoms with van der Waals surface area (Å²) < 4.78 is 8.58. The molecule has 0 saturated heterocycles. The molecule has 3 aromatic heterocycles. The summed E-state index contributed by atoms with van der Waals surface area (Å²) in [5.41, 5.74) is 6.25. The van der Waals surface area contributed by atoms with Gasteiger partial charge in [-0.05, 0) is 60.5 Å². The Labute approximate surface area is 267 Å². The average Bonchev–Trinajstić information content (AvgIpc) is 3.53. The van der Waals surface area contributed by atoms with Gasteiger partial charge < -0.3 is 19.1 Å². The van der Waals surface area contributed by atoms with Crippen molar-refractivity contribution in [3.8, 4) is 17.3 Å². The molecule has 1 aliphatic heterocycles. The van der Waals surface area contributed by atoms with Gasteiger partial charge in [0.05, 0.1) is 5.69 Å². The fourth-order valence-corrected chi connectivity index (χ4v) is 5.57. The number of benzene rings is 3. The van der Waals surface area contributed by atoms with Crippen LogP contribution in [-0.2, 0) is 26.5 Å². The number of hydrogen-bond acceptors (Lipinski definition) is 5. The van der Waals surface area contributed by atoms with Gasteiger partial charge >= 0.3 is 0 Å². The molecule has 6 aromatic rings. The van der Waals surface area contributed by atoms with Crippen LogP contribution in [0.1, 0.15) is 40.2 Å². The van der Waals surface area contributed by atoms with Gasteiger partial charge in [-0.2, -0.15) is 18.8 Å². The molecular formula is C36H32N5OPt-3. The number of para-hydroxylation sites is 1. The third-order valence-electron chi connectivity index (χ3n) is 7.74. The minimum absolute atomic E-state index is 0. The van der Waals surface area contributed by atoms with E-state index in [-0.39, 0.29) is 26.5 Å². The Morgan fingerprint density at radius 1 is 0.837 bits per heavy atom. The number of pyridine rings is 2. The third-order valence-corrected chi connectivity index (χ3v) is 7.74. The quantitative estimate of drug-likeness (QED) is 0.165. The Morgan fingerprint density at radius 3 is 2.47 bits per heavy atom. The van der Waals surface area contributed by atoms with Crippen molar-refractivity contribution in [2.75, 3.05) is 9.80 Å². The second kappa shape index (κ2) is 11.2. The number of ether oxygens (including phenoxy) is 1. The number of aromatic nitrogens is 3. The number of hydrogen-bond donors (Lipinski definition) is 0. The van der Waals surface area contributed by atoms with Gasteiger partial charge in [-0.3, -0.25) is 4.98 Å². The van der Waals surface area contributed by atoms with Crippen molar-refractivity contribution >= 4 is 38.9 Å². The predicted octanol–water partition coefficient (Wildman–Crippen LogP) is 8.75. The van der Waals surface area contributed by atoms with E-state index in [1.807, 2.05) is 48.9 Å². The Bertz CT molecular complexity index is 1940. The van der Waals surface area contributed by atoms with Gasteiger partial charge in [-0.25, -0.2) is 4.98 Å². The van der Waals surface area contributed by atoms with Crippen LogP contribution < -0.4 is 14.5 Å². The van der Waals surface area contributed by atoms with Crippen LogP contribution in [0.5, 0.6) is 11.5 Å². The van der Waals surface area contributed by atoms with Crippen LogP contribution >= 0.6 is 0 Å². The van der Waals surface area contributed by atoms with Crippen molar-refractivity contribution in [2.45, 2.75) is 46.1 Å². The summed E-state index contributed by atoms with van der Waals surface area (Å²) >= 11 is 0. The van der Waals surface area contributed by atoms with E-state index in [9.17, 15) is 0 Å². The standard InChI is InChI=1S/C36H32N5O.Pt/c1-24(2)39-23-40(34-22-37-17-16-32(34)39)26-9-8-10-27(20-26)42-28-13-14-30-29-11-6-7-12-31(29)41(33(30)21-28)35-19-25(15-18-38-35)36(3,4)5;/h6-19,22-24H,1-5H3;/q-3;. The Kier molecular flexibility index (Phi) is 7.51. The molecule has 43 heavy (non-hydrogen) atoms. The summed E-state index contributed by atoms with van der Waals surface area (Å²) in [5, 5.41) is 2.25. The zero-order valence-electron chi connectivity index (χ0n) is 24.8. The molecule has 0 fully saturated rings. The van der Waals surface area contributed by atoms with Crippen molar-refractivity contribution in [2.24, 2.45) is 0 Å². The molecule has 3 aromatic carbocycles. The SMILES string of the molecule is CC(C)N1[CH-]N(c2[c-]c(Oc3[c-]c4c(cc3)c3ccccc3n4-c3cc(C(C)(C)C)ccn3)ccc2)c2cnccc21.[Pt]. The summed E-state index contributed by atoms with van der Waals surface area (Å²) in [6.45, 7) is 13.1. The Balaban J connectivity index is 0.00000329. The largest absolute Gasteiger partial charge is 0.509 e. The van der Waals surface area contributed by atoms with E-state index < -0.39 is 0 Å². The van der Waals surface area contributed by atoms with Gasteiger partial charge in [0, 0.05) is 62.4 Å². The molecule has 0 saturated carbocycles. The fourth-order valence-electron chi connectivity index (χ4n) is 5.57. The molecule has 0 spiro atoms. The van der Waals surface area contributed by atoms with Crippen molar-refractivity contribution in [3.63, 3.8) is 0 Å². The van der Waals surface area contributed by atoms with Crippen molar-refractivity contribution in [3.05, 3.63) is 116 Å². The summed E-state index contributed by atoms with van der Waals surface area (Å²) in [6.07, 6.45) is 5.61. The van der Waals surface area contributed by atoms with Gasteiger partial charge in [-0.15, -0.1) is 41.4 Å². The predicted molar refractivity (Wildman–Crippen MR) is 170 cm³/mol. The molecule has 220 valence electrons. The number of nitrogens with zero attached hydrogens (tertiary/aromatic N) is 5. The van der Waals surface area contributed by atoms with Crippen molar-refractivity contribution in [1.29, 1.82) is 0 Å². The molecule has 0 N–H and O–H groups in total. The maximum absolute atomic E-state index is 6.40. The van der Waals surface area contributed by atoms with Gasteiger partial charge in [0.25, 0.3) is 0 Å². The first-order chi connectivity index (χ1) is 20.3. The molecule has 4 heterocycles. The van der Waals surface area contributed by atoms with Crippen LogP contribution in [-0.4, -0.2) is 20.6 Å². The van der Waals surface area contributed by atoms with Gasteiger partial charge in [-0.1, -0.05) is 44.5 Å². The Hall–Kier alpha value is -4.15. The third kappa shape index (κ3) is 5.19. The molecule has 7 heteroatoms. The molecule has 0 atom stereocenters. The van der Waals surface area contributed by atoms with Crippen LogP contribution in [0.4, 0.5) is 17.1 Å². The number of rotatable bonds is 5. The smallest absolute Gasteiger partial charge is 0.135 e. The molecule has 0 aliphatic carbocycles. The molecule has 0 amide bonds. The van der Waals surface area contributed by atoms with Crippen LogP contribution in [0, 0.1) is 18.8 Å². The van der Waals surface area contributed by atoms with Crippen LogP contribution in [0.25, 0.3) is 27.6 Å². The fraction of sp³-hybridized carbons (Fsp3) is 0.194. The number of fused-ring (bicyclic) bond motifs is 4. The van der Waals surface area contributed by atoms with E-state index in [4.69, 9.17) is 9.72 Å². The second-order valence-electron chi connectivity index (χ2n) is 11.9. The topological polar surface area (TPSA) is 46.4 Å². The summed E-state index contributed by atoms with van der Waals surface area (Å²) in [6, 6.07) is 32.1. The molecule has 0 bridgehead atoms. The average molecular weight is 746 g/mol. The van der Waals surface area contributed by atoms with E-state index in [0.717, 1.165) is 44.7 Å². The zero-order valence-corrected chi connectivity index (χ0v) is 27.0. The van der Waals surface area contributed by atoms with E-state index in [0.29, 0.717) is 17.5 Å². The van der Waals surface area contributed by atoms with Crippen molar-refractivity contribution < 1.29 is 25.8 Å². The van der Waals surface area contributed by atoms with Crippen LogP contribution in [0.15, 0.2) is 91.4 Å². The normalized spacial score (nSPS) is 13.1. The van der Waals surface area contributed by atoms with Crippen molar-refractivity contribution in [1.82, 2.24) is 14.5 Å². The summed E-state index contributed by atoms with van der Waals surface area (Å²) in [7, 11) is 0. The van der Waals surface area contributed by atoms with Crippen LogP contribution in [0.3, 0.4) is 0 Å². The van der Waals surface area contributed by atoms with E-state index >= 15 is 0 Å². The summed E-state index contributed by atoms with van der Waals surface area (Å²) in [4.78, 5) is 13.5. The molecule has 0 unspecified atom stereocenters. The minimum Gasteiger partial charge on any atom is -0.509 e. The maximum atomic E-state index is 6.40. The number of anilines is 3. The monoisotopic (exact) mass is 745 g/mol. The summed E-state index contributed by atoms with van der Waals surface area (Å²) in [5.74, 6) is 2.09. The van der Waals surface area contributed by atoms with Gasteiger partial charge in [0.2, 0.25) is 0 Å². The molecule has 1 aliphatic rings. The maximum Gasteiger partial charge on any atom is 0.135 e. The molecule has 6 nitrogen and oxygen atoms in total. The minimum atomic E-state index is 0. The van der Waals surface area contributed by atoms with E-state index in [1.165, 1.54) is 5.56 Å². The molecule has 7 rings (SSSR count).